The smallest absolute Gasteiger partial charge is 0.125 e. The van der Waals surface area contributed by atoms with E-state index in [2.05, 4.69) is 23.5 Å². The number of thioether (sulfide) groups is 1. The molecular formula is C9H15N3S. The Balaban J connectivity index is 2.53. The predicted molar refractivity (Wildman–Crippen MR) is 60.1 cm³/mol. The number of hydrogen-bond donors (Lipinski definition) is 2. The number of anilines is 2. The standard InChI is InChI=1S/C9H15N3S/c1-7(6-13-2)12-8-3-4-11-9(10)5-8/h3-5,7H,6H2,1-2H3,(H3,10,11,12). The molecule has 0 aliphatic carbocycles. The zero-order chi connectivity index (χ0) is 9.68. The van der Waals surface area contributed by atoms with Crippen LogP contribution in [0.15, 0.2) is 18.3 Å². The molecule has 1 heterocycles. The average Bonchev–Trinajstić information content (AvgIpc) is 2.04. The topological polar surface area (TPSA) is 50.9 Å². The third kappa shape index (κ3) is 3.55. The molecule has 0 aliphatic rings. The van der Waals surface area contributed by atoms with Crippen molar-refractivity contribution in [1.82, 2.24) is 4.98 Å². The summed E-state index contributed by atoms with van der Waals surface area (Å²) in [5.74, 6) is 1.64. The highest BCUT2D eigenvalue weighted by Gasteiger charge is 2.00. The van der Waals surface area contributed by atoms with Crippen molar-refractivity contribution in [2.45, 2.75) is 13.0 Å². The van der Waals surface area contributed by atoms with Gasteiger partial charge in [-0.05, 0) is 19.2 Å². The van der Waals surface area contributed by atoms with Gasteiger partial charge in [0.25, 0.3) is 0 Å². The molecule has 0 fully saturated rings. The van der Waals surface area contributed by atoms with Crippen molar-refractivity contribution >= 4 is 23.3 Å². The molecule has 3 N–H and O–H groups in total. The molecule has 0 saturated heterocycles. The van der Waals surface area contributed by atoms with Gasteiger partial charge in [-0.3, -0.25) is 0 Å². The fraction of sp³-hybridized carbons (Fsp3) is 0.444. The summed E-state index contributed by atoms with van der Waals surface area (Å²) in [7, 11) is 0. The number of aromatic nitrogens is 1. The quantitative estimate of drug-likeness (QED) is 0.773. The van der Waals surface area contributed by atoms with Gasteiger partial charge in [0.2, 0.25) is 0 Å². The SMILES string of the molecule is CSCC(C)Nc1ccnc(N)c1. The first-order valence-corrected chi connectivity index (χ1v) is 5.58. The molecule has 0 amide bonds. The maximum atomic E-state index is 5.55. The van der Waals surface area contributed by atoms with Crippen LogP contribution in [0.5, 0.6) is 0 Å². The van der Waals surface area contributed by atoms with E-state index < -0.39 is 0 Å². The Kier molecular flexibility index (Phi) is 3.89. The Hall–Kier alpha value is -0.900. The number of nitrogens with two attached hydrogens (primary N) is 1. The maximum absolute atomic E-state index is 5.55. The lowest BCUT2D eigenvalue weighted by atomic mass is 10.3. The number of nitrogens with zero attached hydrogens (tertiary/aromatic N) is 1. The Morgan fingerprint density at radius 1 is 1.69 bits per heavy atom. The number of rotatable bonds is 4. The van der Waals surface area contributed by atoms with Gasteiger partial charge in [0.15, 0.2) is 0 Å². The largest absolute Gasteiger partial charge is 0.384 e. The molecule has 0 aliphatic heterocycles. The number of nitrogens with one attached hydrogen (secondary N) is 1. The van der Waals surface area contributed by atoms with Gasteiger partial charge in [0, 0.05) is 29.7 Å². The van der Waals surface area contributed by atoms with Gasteiger partial charge in [-0.25, -0.2) is 4.98 Å². The first-order valence-electron chi connectivity index (χ1n) is 4.19. The van der Waals surface area contributed by atoms with Crippen LogP contribution >= 0.6 is 11.8 Å². The normalized spacial score (nSPS) is 12.5. The molecular weight excluding hydrogens is 182 g/mol. The summed E-state index contributed by atoms with van der Waals surface area (Å²) >= 11 is 1.82. The zero-order valence-corrected chi connectivity index (χ0v) is 8.77. The van der Waals surface area contributed by atoms with Gasteiger partial charge in [-0.2, -0.15) is 11.8 Å². The summed E-state index contributed by atoms with van der Waals surface area (Å²) in [6.07, 6.45) is 3.81. The van der Waals surface area contributed by atoms with Crippen molar-refractivity contribution in [3.8, 4) is 0 Å². The van der Waals surface area contributed by atoms with Crippen molar-refractivity contribution < 1.29 is 0 Å². The molecule has 1 aromatic heterocycles. The van der Waals surface area contributed by atoms with Gasteiger partial charge in [0.1, 0.15) is 5.82 Å². The number of pyridine rings is 1. The third-order valence-corrected chi connectivity index (χ3v) is 2.44. The lowest BCUT2D eigenvalue weighted by Gasteiger charge is -2.13. The molecule has 1 aromatic rings. The summed E-state index contributed by atoms with van der Waals surface area (Å²) in [6.45, 7) is 2.15. The first-order chi connectivity index (χ1) is 6.22. The van der Waals surface area contributed by atoms with Gasteiger partial charge in [-0.15, -0.1) is 0 Å². The van der Waals surface area contributed by atoms with E-state index in [4.69, 9.17) is 5.73 Å². The lowest BCUT2D eigenvalue weighted by molar-refractivity contribution is 0.914. The molecule has 0 saturated carbocycles. The van der Waals surface area contributed by atoms with Crippen LogP contribution in [0.25, 0.3) is 0 Å². The molecule has 1 unspecified atom stereocenters. The molecule has 4 heteroatoms. The average molecular weight is 197 g/mol. The molecule has 1 atom stereocenters. The summed E-state index contributed by atoms with van der Waals surface area (Å²) in [5, 5.41) is 3.34. The van der Waals surface area contributed by atoms with Crippen LogP contribution in [0.2, 0.25) is 0 Å². The second-order valence-electron chi connectivity index (χ2n) is 2.97. The number of hydrogen-bond acceptors (Lipinski definition) is 4. The van der Waals surface area contributed by atoms with Crippen LogP contribution in [-0.4, -0.2) is 23.0 Å². The van der Waals surface area contributed by atoms with Crippen LogP contribution in [0, 0.1) is 0 Å². The van der Waals surface area contributed by atoms with Crippen LogP contribution < -0.4 is 11.1 Å². The van der Waals surface area contributed by atoms with E-state index >= 15 is 0 Å². The molecule has 0 radical (unpaired) electrons. The highest BCUT2D eigenvalue weighted by atomic mass is 32.2. The molecule has 0 spiro atoms. The van der Waals surface area contributed by atoms with Crippen molar-refractivity contribution in [2.75, 3.05) is 23.1 Å². The summed E-state index contributed by atoms with van der Waals surface area (Å²) in [5.41, 5.74) is 6.59. The number of nitrogen functional groups attached to an aromatic ring is 1. The second-order valence-corrected chi connectivity index (χ2v) is 3.88. The van der Waals surface area contributed by atoms with E-state index in [0.717, 1.165) is 11.4 Å². The van der Waals surface area contributed by atoms with E-state index in [1.165, 1.54) is 0 Å². The fourth-order valence-corrected chi connectivity index (χ4v) is 1.70. The molecule has 72 valence electrons. The van der Waals surface area contributed by atoms with Crippen molar-refractivity contribution in [1.29, 1.82) is 0 Å². The van der Waals surface area contributed by atoms with E-state index in [1.807, 2.05) is 23.9 Å². The zero-order valence-electron chi connectivity index (χ0n) is 7.95. The van der Waals surface area contributed by atoms with E-state index in [9.17, 15) is 0 Å². The molecule has 1 rings (SSSR count). The monoisotopic (exact) mass is 197 g/mol. The Morgan fingerprint density at radius 2 is 2.46 bits per heavy atom. The molecule has 0 aromatic carbocycles. The van der Waals surface area contributed by atoms with Gasteiger partial charge in [0.05, 0.1) is 0 Å². The second kappa shape index (κ2) is 4.97. The minimum atomic E-state index is 0.455. The molecule has 3 nitrogen and oxygen atoms in total. The highest BCUT2D eigenvalue weighted by molar-refractivity contribution is 7.98. The minimum absolute atomic E-state index is 0.455. The van der Waals surface area contributed by atoms with Gasteiger partial charge >= 0.3 is 0 Å². The summed E-state index contributed by atoms with van der Waals surface area (Å²) in [4.78, 5) is 3.93. The van der Waals surface area contributed by atoms with Crippen molar-refractivity contribution in [2.24, 2.45) is 0 Å². The van der Waals surface area contributed by atoms with E-state index in [-0.39, 0.29) is 0 Å². The van der Waals surface area contributed by atoms with Crippen molar-refractivity contribution in [3.63, 3.8) is 0 Å². The van der Waals surface area contributed by atoms with Crippen LogP contribution in [0.3, 0.4) is 0 Å². The van der Waals surface area contributed by atoms with Crippen LogP contribution in [0.1, 0.15) is 6.92 Å². The summed E-state index contributed by atoms with van der Waals surface area (Å²) in [6, 6.07) is 4.22. The summed E-state index contributed by atoms with van der Waals surface area (Å²) < 4.78 is 0. The van der Waals surface area contributed by atoms with Crippen LogP contribution in [0.4, 0.5) is 11.5 Å². The minimum Gasteiger partial charge on any atom is -0.384 e. The van der Waals surface area contributed by atoms with E-state index in [0.29, 0.717) is 11.9 Å². The van der Waals surface area contributed by atoms with E-state index in [1.54, 1.807) is 6.20 Å². The Morgan fingerprint density at radius 3 is 3.08 bits per heavy atom. The van der Waals surface area contributed by atoms with Crippen LogP contribution in [-0.2, 0) is 0 Å². The Labute approximate surface area is 83.1 Å². The highest BCUT2D eigenvalue weighted by Crippen LogP contribution is 2.11. The molecule has 0 bridgehead atoms. The van der Waals surface area contributed by atoms with Gasteiger partial charge < -0.3 is 11.1 Å². The fourth-order valence-electron chi connectivity index (χ4n) is 1.11. The maximum Gasteiger partial charge on any atom is 0.125 e. The van der Waals surface area contributed by atoms with Gasteiger partial charge in [-0.1, -0.05) is 0 Å². The first kappa shape index (κ1) is 10.2. The van der Waals surface area contributed by atoms with Crippen molar-refractivity contribution in [3.05, 3.63) is 18.3 Å². The Bertz CT molecular complexity index is 265. The third-order valence-electron chi connectivity index (χ3n) is 1.61. The molecule has 13 heavy (non-hydrogen) atoms. The predicted octanol–water partition coefficient (Wildman–Crippen LogP) is 1.83. The lowest BCUT2D eigenvalue weighted by Crippen LogP contribution is -2.17.